The Hall–Kier alpha value is -3.62. The zero-order valence-corrected chi connectivity index (χ0v) is 13.4. The van der Waals surface area contributed by atoms with Crippen molar-refractivity contribution in [1.29, 1.82) is 0 Å². The number of amides is 1. The van der Waals surface area contributed by atoms with Crippen molar-refractivity contribution in [3.63, 3.8) is 0 Å². The Morgan fingerprint density at radius 1 is 1.16 bits per heavy atom. The molecule has 3 N–H and O–H groups in total. The summed E-state index contributed by atoms with van der Waals surface area (Å²) in [6.07, 6.45) is 1.19. The Balaban J connectivity index is 2.00. The minimum absolute atomic E-state index is 0.128. The molecule has 2 heterocycles. The molecule has 0 saturated heterocycles. The van der Waals surface area contributed by atoms with Crippen LogP contribution in [0.4, 0.5) is 5.69 Å². The van der Waals surface area contributed by atoms with Gasteiger partial charge in [0.05, 0.1) is 24.1 Å². The zero-order chi connectivity index (χ0) is 18.1. The molecule has 0 saturated carbocycles. The third kappa shape index (κ3) is 2.94. The second-order valence-electron chi connectivity index (χ2n) is 5.23. The van der Waals surface area contributed by atoms with Crippen LogP contribution in [0, 0.1) is 0 Å². The van der Waals surface area contributed by atoms with E-state index in [0.29, 0.717) is 17.1 Å². The molecule has 25 heavy (non-hydrogen) atoms. The minimum atomic E-state index is -0.840. The average molecular weight is 342 g/mol. The van der Waals surface area contributed by atoms with Crippen LogP contribution in [0.2, 0.25) is 0 Å². The van der Waals surface area contributed by atoms with Crippen molar-refractivity contribution in [1.82, 2.24) is 9.97 Å². The van der Waals surface area contributed by atoms with Crippen molar-refractivity contribution in [3.8, 4) is 11.6 Å². The summed E-state index contributed by atoms with van der Waals surface area (Å²) in [5, 5.41) is 15.1. The SMILES string of the molecule is COc1ccc(N2N=C(C)/C(=C\c3c(O)[nH]c(=O)[nH]c3=O)C2=O)cc1. The number of methoxy groups -OCH3 is 1. The molecule has 0 fully saturated rings. The smallest absolute Gasteiger partial charge is 0.328 e. The number of ether oxygens (including phenoxy) is 1. The van der Waals surface area contributed by atoms with Gasteiger partial charge in [0.2, 0.25) is 5.88 Å². The molecule has 1 aliphatic heterocycles. The zero-order valence-electron chi connectivity index (χ0n) is 13.4. The van der Waals surface area contributed by atoms with Crippen LogP contribution in [0.1, 0.15) is 12.5 Å². The van der Waals surface area contributed by atoms with E-state index in [-0.39, 0.29) is 11.1 Å². The van der Waals surface area contributed by atoms with Crippen molar-refractivity contribution >= 4 is 23.4 Å². The first-order valence-electron chi connectivity index (χ1n) is 7.22. The highest BCUT2D eigenvalue weighted by Gasteiger charge is 2.29. The first-order valence-corrected chi connectivity index (χ1v) is 7.22. The fourth-order valence-corrected chi connectivity index (χ4v) is 2.35. The Kier molecular flexibility index (Phi) is 3.97. The number of carbonyl (C=O) groups is 1. The average Bonchev–Trinajstić information content (AvgIpc) is 2.85. The van der Waals surface area contributed by atoms with Gasteiger partial charge < -0.3 is 9.84 Å². The van der Waals surface area contributed by atoms with Crippen LogP contribution < -0.4 is 21.0 Å². The first kappa shape index (κ1) is 16.2. The normalized spacial score (nSPS) is 15.6. The van der Waals surface area contributed by atoms with Gasteiger partial charge in [0.1, 0.15) is 11.3 Å². The molecule has 1 aromatic carbocycles. The summed E-state index contributed by atoms with van der Waals surface area (Å²) in [5.41, 5.74) is -0.860. The van der Waals surface area contributed by atoms with E-state index in [2.05, 4.69) is 10.1 Å². The monoisotopic (exact) mass is 342 g/mol. The maximum Gasteiger partial charge on any atom is 0.328 e. The maximum absolute atomic E-state index is 12.6. The van der Waals surface area contributed by atoms with Crippen molar-refractivity contribution in [3.05, 3.63) is 56.2 Å². The topological polar surface area (TPSA) is 128 Å². The number of benzene rings is 1. The van der Waals surface area contributed by atoms with Crippen molar-refractivity contribution in [2.24, 2.45) is 5.10 Å². The predicted molar refractivity (Wildman–Crippen MR) is 90.9 cm³/mol. The molecule has 2 aromatic rings. The molecule has 128 valence electrons. The van der Waals surface area contributed by atoms with E-state index in [9.17, 15) is 19.5 Å². The second kappa shape index (κ2) is 6.11. The molecule has 0 aliphatic carbocycles. The van der Waals surface area contributed by atoms with Crippen molar-refractivity contribution < 1.29 is 14.6 Å². The summed E-state index contributed by atoms with van der Waals surface area (Å²) in [4.78, 5) is 39.6. The van der Waals surface area contributed by atoms with E-state index in [4.69, 9.17) is 4.74 Å². The molecular weight excluding hydrogens is 328 g/mol. The summed E-state index contributed by atoms with van der Waals surface area (Å²) in [6.45, 7) is 1.60. The lowest BCUT2D eigenvalue weighted by atomic mass is 10.1. The molecule has 1 amide bonds. The molecule has 0 atom stereocenters. The van der Waals surface area contributed by atoms with E-state index in [1.54, 1.807) is 31.2 Å². The van der Waals surface area contributed by atoms with Gasteiger partial charge in [-0.15, -0.1) is 0 Å². The third-order valence-corrected chi connectivity index (χ3v) is 3.63. The highest BCUT2D eigenvalue weighted by Crippen LogP contribution is 2.26. The van der Waals surface area contributed by atoms with E-state index < -0.39 is 23.0 Å². The summed E-state index contributed by atoms with van der Waals surface area (Å²) < 4.78 is 5.07. The third-order valence-electron chi connectivity index (χ3n) is 3.63. The highest BCUT2D eigenvalue weighted by atomic mass is 16.5. The molecular formula is C16H14N4O5. The van der Waals surface area contributed by atoms with Crippen LogP contribution in [0.15, 0.2) is 44.5 Å². The molecule has 3 rings (SSSR count). The summed E-state index contributed by atoms with van der Waals surface area (Å²) in [5.74, 6) is -0.450. The predicted octanol–water partition coefficient (Wildman–Crippen LogP) is 0.583. The van der Waals surface area contributed by atoms with E-state index in [0.717, 1.165) is 0 Å². The number of H-pyrrole nitrogens is 2. The van der Waals surface area contributed by atoms with Gasteiger partial charge in [-0.05, 0) is 37.3 Å². The number of aromatic hydroxyl groups is 1. The molecule has 1 aliphatic rings. The molecule has 9 heteroatoms. The summed E-state index contributed by atoms with van der Waals surface area (Å²) >= 11 is 0. The highest BCUT2D eigenvalue weighted by molar-refractivity contribution is 6.32. The minimum Gasteiger partial charge on any atom is -0.497 e. The fraction of sp³-hybridized carbons (Fsp3) is 0.125. The molecule has 1 aromatic heterocycles. The summed E-state index contributed by atoms with van der Waals surface area (Å²) in [7, 11) is 1.54. The van der Waals surface area contributed by atoms with Gasteiger partial charge in [0.25, 0.3) is 11.5 Å². The first-order chi connectivity index (χ1) is 11.9. The number of hydrogen-bond acceptors (Lipinski definition) is 6. The Labute approximate surface area is 140 Å². The molecule has 0 radical (unpaired) electrons. The number of nitrogens with zero attached hydrogens (tertiary/aromatic N) is 2. The number of aromatic amines is 2. The van der Waals surface area contributed by atoms with Gasteiger partial charge in [0.15, 0.2) is 0 Å². The molecule has 9 nitrogen and oxygen atoms in total. The number of rotatable bonds is 3. The van der Waals surface area contributed by atoms with Gasteiger partial charge >= 0.3 is 5.69 Å². The van der Waals surface area contributed by atoms with Crippen LogP contribution in [0.25, 0.3) is 6.08 Å². The van der Waals surface area contributed by atoms with E-state index in [1.165, 1.54) is 18.2 Å². The lowest BCUT2D eigenvalue weighted by Gasteiger charge is -2.12. The number of nitrogens with one attached hydrogen (secondary N) is 2. The number of anilines is 1. The number of hydrazone groups is 1. The van der Waals surface area contributed by atoms with Gasteiger partial charge in [-0.25, -0.2) is 4.79 Å². The molecule has 0 bridgehead atoms. The molecule has 0 unspecified atom stereocenters. The van der Waals surface area contributed by atoms with Gasteiger partial charge in [0, 0.05) is 0 Å². The summed E-state index contributed by atoms with van der Waals surface area (Å²) in [6, 6.07) is 6.71. The van der Waals surface area contributed by atoms with Gasteiger partial charge in [-0.1, -0.05) is 0 Å². The Morgan fingerprint density at radius 3 is 2.44 bits per heavy atom. The molecule has 0 spiro atoms. The van der Waals surface area contributed by atoms with Crippen LogP contribution in [0.3, 0.4) is 0 Å². The number of carbonyl (C=O) groups excluding carboxylic acids is 1. The van der Waals surface area contributed by atoms with Gasteiger partial charge in [-0.3, -0.25) is 19.6 Å². The number of hydrogen-bond donors (Lipinski definition) is 3. The van der Waals surface area contributed by atoms with Crippen LogP contribution in [-0.4, -0.2) is 33.8 Å². The van der Waals surface area contributed by atoms with Gasteiger partial charge in [-0.2, -0.15) is 10.1 Å². The van der Waals surface area contributed by atoms with E-state index in [1.807, 2.05) is 4.98 Å². The van der Waals surface area contributed by atoms with Crippen molar-refractivity contribution in [2.75, 3.05) is 12.1 Å². The quantitative estimate of drug-likeness (QED) is 0.703. The maximum atomic E-state index is 12.6. The lowest BCUT2D eigenvalue weighted by Crippen LogP contribution is -2.25. The second-order valence-corrected chi connectivity index (χ2v) is 5.23. The fourth-order valence-electron chi connectivity index (χ4n) is 2.35. The van der Waals surface area contributed by atoms with Crippen molar-refractivity contribution in [2.45, 2.75) is 6.92 Å². The largest absolute Gasteiger partial charge is 0.497 e. The Bertz CT molecular complexity index is 1010. The van der Waals surface area contributed by atoms with Crippen LogP contribution in [0.5, 0.6) is 11.6 Å². The Morgan fingerprint density at radius 2 is 1.84 bits per heavy atom. The van der Waals surface area contributed by atoms with Crippen LogP contribution in [-0.2, 0) is 4.79 Å². The number of aromatic nitrogens is 2. The van der Waals surface area contributed by atoms with Crippen LogP contribution >= 0.6 is 0 Å². The van der Waals surface area contributed by atoms with E-state index >= 15 is 0 Å². The lowest BCUT2D eigenvalue weighted by molar-refractivity contribution is -0.114. The standard InChI is InChI=1S/C16H14N4O5/c1-8-11(7-12-13(21)17-16(24)18-14(12)22)15(23)20(19-8)9-3-5-10(25-2)6-4-9/h3-7H,1-2H3,(H3,17,18,21,22,24)/b11-7+.